The Hall–Kier alpha value is -2.68. The fourth-order valence-corrected chi connectivity index (χ4v) is 3.38. The van der Waals surface area contributed by atoms with E-state index in [4.69, 9.17) is 4.98 Å². The summed E-state index contributed by atoms with van der Waals surface area (Å²) in [5.41, 5.74) is 6.64. The number of aryl methyl sites for hydroxylation is 4. The Morgan fingerprint density at radius 2 is 1.76 bits per heavy atom. The Bertz CT molecular complexity index is 944. The van der Waals surface area contributed by atoms with Crippen molar-refractivity contribution in [3.05, 3.63) is 70.4 Å². The lowest BCUT2D eigenvalue weighted by atomic mass is 9.99. The molecule has 1 heterocycles. The number of nitrogens with zero attached hydrogens (tertiary/aromatic N) is 1. The number of para-hydroxylation sites is 2. The second-order valence-corrected chi connectivity index (χ2v) is 6.35. The third-order valence-corrected chi connectivity index (χ3v) is 4.77. The minimum Gasteiger partial charge on any atom is -0.321 e. The fourth-order valence-electron chi connectivity index (χ4n) is 3.38. The minimum absolute atomic E-state index is 0.0726. The molecule has 3 rings (SSSR count). The Balaban J connectivity index is 2.10. The lowest BCUT2D eigenvalue weighted by Gasteiger charge is -2.17. The summed E-state index contributed by atoms with van der Waals surface area (Å²) in [6, 6.07) is 14.1. The summed E-state index contributed by atoms with van der Waals surface area (Å²) in [7, 11) is 0. The predicted octanol–water partition coefficient (Wildman–Crippen LogP) is 5.23. The van der Waals surface area contributed by atoms with Gasteiger partial charge in [0.1, 0.15) is 0 Å². The monoisotopic (exact) mass is 332 g/mol. The normalized spacial score (nSPS) is 10.9. The molecule has 0 aliphatic carbocycles. The molecule has 2 aromatic carbocycles. The lowest BCUT2D eigenvalue weighted by Crippen LogP contribution is -2.18. The van der Waals surface area contributed by atoms with Crippen LogP contribution in [0.2, 0.25) is 0 Å². The van der Waals surface area contributed by atoms with Crippen molar-refractivity contribution in [2.75, 3.05) is 5.32 Å². The number of carbonyl (C=O) groups is 1. The molecule has 3 aromatic rings. The molecule has 25 heavy (non-hydrogen) atoms. The minimum atomic E-state index is -0.0726. The molecule has 0 aliphatic rings. The van der Waals surface area contributed by atoms with Crippen molar-refractivity contribution in [2.24, 2.45) is 0 Å². The zero-order valence-electron chi connectivity index (χ0n) is 15.3. The first-order valence-electron chi connectivity index (χ1n) is 8.84. The van der Waals surface area contributed by atoms with Crippen LogP contribution in [0.3, 0.4) is 0 Å². The Morgan fingerprint density at radius 1 is 1.00 bits per heavy atom. The van der Waals surface area contributed by atoms with Gasteiger partial charge in [0.25, 0.3) is 5.91 Å². The quantitative estimate of drug-likeness (QED) is 0.711. The highest BCUT2D eigenvalue weighted by Crippen LogP contribution is 2.26. The average Bonchev–Trinajstić information content (AvgIpc) is 2.63. The summed E-state index contributed by atoms with van der Waals surface area (Å²) in [4.78, 5) is 17.8. The van der Waals surface area contributed by atoms with Crippen molar-refractivity contribution >= 4 is 22.5 Å². The van der Waals surface area contributed by atoms with Crippen LogP contribution >= 0.6 is 0 Å². The van der Waals surface area contributed by atoms with Crippen molar-refractivity contribution < 1.29 is 4.79 Å². The summed E-state index contributed by atoms with van der Waals surface area (Å²) < 4.78 is 0. The van der Waals surface area contributed by atoms with Crippen LogP contribution < -0.4 is 5.32 Å². The van der Waals surface area contributed by atoms with E-state index >= 15 is 0 Å². The number of anilines is 1. The number of hydrogen-bond donors (Lipinski definition) is 1. The summed E-state index contributed by atoms with van der Waals surface area (Å²) in [6.45, 7) is 8.18. The smallest absolute Gasteiger partial charge is 0.257 e. The van der Waals surface area contributed by atoms with E-state index in [-0.39, 0.29) is 5.91 Å². The van der Waals surface area contributed by atoms with Gasteiger partial charge in [0.2, 0.25) is 0 Å². The zero-order valence-corrected chi connectivity index (χ0v) is 15.3. The van der Waals surface area contributed by atoms with Gasteiger partial charge in [-0.1, -0.05) is 50.2 Å². The number of fused-ring (bicyclic) bond motifs is 1. The maximum absolute atomic E-state index is 13.1. The largest absolute Gasteiger partial charge is 0.321 e. The number of aromatic nitrogens is 1. The molecule has 0 unspecified atom stereocenters. The molecule has 0 atom stereocenters. The number of nitrogens with one attached hydrogen (secondary N) is 1. The molecule has 3 heteroatoms. The van der Waals surface area contributed by atoms with Gasteiger partial charge in [-0.2, -0.15) is 0 Å². The van der Waals surface area contributed by atoms with Crippen LogP contribution in [0.4, 0.5) is 5.69 Å². The van der Waals surface area contributed by atoms with Crippen LogP contribution in [-0.2, 0) is 12.8 Å². The van der Waals surface area contributed by atoms with Crippen molar-refractivity contribution in [3.8, 4) is 0 Å². The third kappa shape index (κ3) is 3.14. The molecule has 0 spiro atoms. The van der Waals surface area contributed by atoms with Crippen molar-refractivity contribution in [2.45, 2.75) is 40.5 Å². The van der Waals surface area contributed by atoms with Gasteiger partial charge in [0.15, 0.2) is 0 Å². The van der Waals surface area contributed by atoms with E-state index in [2.05, 4.69) is 18.3 Å². The van der Waals surface area contributed by atoms with Crippen LogP contribution in [0.15, 0.2) is 42.5 Å². The molecule has 0 bridgehead atoms. The molecule has 128 valence electrons. The van der Waals surface area contributed by atoms with Crippen LogP contribution in [0.1, 0.15) is 46.6 Å². The van der Waals surface area contributed by atoms with Gasteiger partial charge in [-0.05, 0) is 49.4 Å². The van der Waals surface area contributed by atoms with Crippen molar-refractivity contribution in [1.29, 1.82) is 0 Å². The number of rotatable bonds is 4. The molecule has 3 nitrogen and oxygen atoms in total. The summed E-state index contributed by atoms with van der Waals surface area (Å²) in [5.74, 6) is -0.0726. The van der Waals surface area contributed by atoms with Crippen LogP contribution in [0.5, 0.6) is 0 Å². The molecule has 0 saturated heterocycles. The van der Waals surface area contributed by atoms with Gasteiger partial charge >= 0.3 is 0 Å². The van der Waals surface area contributed by atoms with E-state index in [0.717, 1.165) is 51.8 Å². The van der Waals surface area contributed by atoms with Gasteiger partial charge in [-0.3, -0.25) is 9.78 Å². The molecular weight excluding hydrogens is 308 g/mol. The van der Waals surface area contributed by atoms with Crippen LogP contribution in [-0.4, -0.2) is 10.9 Å². The molecule has 1 aromatic heterocycles. The summed E-state index contributed by atoms with van der Waals surface area (Å²) in [5, 5.41) is 4.18. The van der Waals surface area contributed by atoms with Gasteiger partial charge in [0.05, 0.1) is 16.8 Å². The summed E-state index contributed by atoms with van der Waals surface area (Å²) in [6.07, 6.45) is 1.61. The predicted molar refractivity (Wildman–Crippen MR) is 104 cm³/mol. The van der Waals surface area contributed by atoms with E-state index in [1.165, 1.54) is 0 Å². The number of amides is 1. The van der Waals surface area contributed by atoms with Gasteiger partial charge in [-0.25, -0.2) is 0 Å². The standard InChI is InChI=1S/C22H24N2O/c1-5-16-11-9-10-14(3)21(16)24-22(25)20-15(4)17-12-7-8-13-19(17)23-18(20)6-2/h7-13H,5-6H2,1-4H3,(H,24,25). The lowest BCUT2D eigenvalue weighted by molar-refractivity contribution is 0.102. The Morgan fingerprint density at radius 3 is 2.48 bits per heavy atom. The highest BCUT2D eigenvalue weighted by molar-refractivity contribution is 6.09. The maximum atomic E-state index is 13.1. The molecule has 1 N–H and O–H groups in total. The maximum Gasteiger partial charge on any atom is 0.257 e. The van der Waals surface area contributed by atoms with E-state index < -0.39 is 0 Å². The van der Waals surface area contributed by atoms with E-state index in [1.54, 1.807) is 0 Å². The number of carbonyl (C=O) groups excluding carboxylic acids is 1. The molecule has 1 amide bonds. The SMILES string of the molecule is CCc1cccc(C)c1NC(=O)c1c(CC)nc2ccccc2c1C. The fraction of sp³-hybridized carbons (Fsp3) is 0.273. The average molecular weight is 332 g/mol. The van der Waals surface area contributed by atoms with Gasteiger partial charge in [0, 0.05) is 11.1 Å². The van der Waals surface area contributed by atoms with Crippen molar-refractivity contribution in [3.63, 3.8) is 0 Å². The van der Waals surface area contributed by atoms with Crippen LogP contribution in [0.25, 0.3) is 10.9 Å². The first-order valence-corrected chi connectivity index (χ1v) is 8.84. The summed E-state index contributed by atoms with van der Waals surface area (Å²) >= 11 is 0. The molecule has 0 aliphatic heterocycles. The van der Waals surface area contributed by atoms with Gasteiger partial charge < -0.3 is 5.32 Å². The third-order valence-electron chi connectivity index (χ3n) is 4.77. The molecule has 0 fully saturated rings. The second kappa shape index (κ2) is 7.06. The Labute approximate surface area is 149 Å². The second-order valence-electron chi connectivity index (χ2n) is 6.35. The number of hydrogen-bond acceptors (Lipinski definition) is 2. The zero-order chi connectivity index (χ0) is 18.0. The molecule has 0 radical (unpaired) electrons. The topological polar surface area (TPSA) is 42.0 Å². The van der Waals surface area contributed by atoms with E-state index in [9.17, 15) is 4.79 Å². The molecule has 0 saturated carbocycles. The van der Waals surface area contributed by atoms with E-state index in [0.29, 0.717) is 5.56 Å². The first-order chi connectivity index (χ1) is 12.1. The van der Waals surface area contributed by atoms with Gasteiger partial charge in [-0.15, -0.1) is 0 Å². The number of pyridine rings is 1. The number of benzene rings is 2. The molecular formula is C22H24N2O. The first kappa shape index (κ1) is 17.2. The highest BCUT2D eigenvalue weighted by Gasteiger charge is 2.19. The highest BCUT2D eigenvalue weighted by atomic mass is 16.1. The van der Waals surface area contributed by atoms with Crippen LogP contribution in [0, 0.1) is 13.8 Å². The Kier molecular flexibility index (Phi) is 4.84. The van der Waals surface area contributed by atoms with Crippen molar-refractivity contribution in [1.82, 2.24) is 4.98 Å². The van der Waals surface area contributed by atoms with E-state index in [1.807, 2.05) is 57.2 Å².